The van der Waals surface area contributed by atoms with Crippen LogP contribution in [0.1, 0.15) is 140 Å². The number of hydrogen-bond acceptors (Lipinski definition) is 1. The normalized spacial score (nSPS) is 11.3. The van der Waals surface area contributed by atoms with Gasteiger partial charge in [-0.3, -0.25) is 0 Å². The van der Waals surface area contributed by atoms with Crippen molar-refractivity contribution in [3.63, 3.8) is 0 Å². The molecule has 0 spiro atoms. The molecule has 29 heavy (non-hydrogen) atoms. The summed E-state index contributed by atoms with van der Waals surface area (Å²) in [7, 11) is 0. The van der Waals surface area contributed by atoms with Crippen molar-refractivity contribution in [1.82, 2.24) is 0 Å². The Bertz CT molecular complexity index is 505. The van der Waals surface area contributed by atoms with E-state index in [2.05, 4.69) is 26.8 Å². The summed E-state index contributed by atoms with van der Waals surface area (Å²) in [4.78, 5) is 0. The van der Waals surface area contributed by atoms with E-state index in [0.29, 0.717) is 5.75 Å². The number of phenolic OH excluding ortho intramolecular Hbond substituents is 1. The molecule has 1 rings (SSSR count). The van der Waals surface area contributed by atoms with E-state index in [1.165, 1.54) is 126 Å². The second-order valence-electron chi connectivity index (χ2n) is 9.05. The lowest BCUT2D eigenvalue weighted by atomic mass is 9.89. The van der Waals surface area contributed by atoms with Crippen LogP contribution in [0.15, 0.2) is 12.1 Å². The predicted octanol–water partition coefficient (Wildman–Crippen LogP) is 9.32. The number of phenols is 1. The third-order valence-corrected chi connectivity index (χ3v) is 6.36. The molecule has 168 valence electrons. The first-order valence-electron chi connectivity index (χ1n) is 13.1. The summed E-state index contributed by atoms with van der Waals surface area (Å²) < 4.78 is 0. The molecular formula is C28H50O. The molecule has 0 bridgehead atoms. The highest BCUT2D eigenvalue weighted by Crippen LogP contribution is 2.30. The molecule has 1 nitrogen and oxygen atoms in total. The van der Waals surface area contributed by atoms with Gasteiger partial charge in [0.1, 0.15) is 5.75 Å². The Balaban J connectivity index is 2.63. The Hall–Kier alpha value is -0.980. The Kier molecular flexibility index (Phi) is 16.0. The van der Waals surface area contributed by atoms with Crippen LogP contribution in [0, 0.1) is 0 Å². The number of benzene rings is 1. The van der Waals surface area contributed by atoms with Crippen LogP contribution in [0.2, 0.25) is 0 Å². The fraction of sp³-hybridized carbons (Fsp3) is 0.786. The first kappa shape index (κ1) is 26.1. The lowest BCUT2D eigenvalue weighted by Gasteiger charge is -2.17. The molecule has 0 aliphatic carbocycles. The van der Waals surface area contributed by atoms with Crippen molar-refractivity contribution in [2.75, 3.05) is 0 Å². The van der Waals surface area contributed by atoms with Crippen LogP contribution in [0.3, 0.4) is 0 Å². The van der Waals surface area contributed by atoms with Gasteiger partial charge in [-0.15, -0.1) is 0 Å². The SMILES string of the molecule is CCCCCCCCCCc1c(O)ccc(CCCCCC)c1CCCCCC. The Labute approximate surface area is 182 Å². The third kappa shape index (κ3) is 11.7. The topological polar surface area (TPSA) is 20.2 Å². The maximum atomic E-state index is 10.6. The fourth-order valence-electron chi connectivity index (χ4n) is 4.46. The average molecular weight is 403 g/mol. The first-order chi connectivity index (χ1) is 14.2. The highest BCUT2D eigenvalue weighted by molar-refractivity contribution is 5.45. The van der Waals surface area contributed by atoms with Gasteiger partial charge in [0.15, 0.2) is 0 Å². The van der Waals surface area contributed by atoms with Crippen molar-refractivity contribution >= 4 is 0 Å². The van der Waals surface area contributed by atoms with Crippen LogP contribution in [-0.2, 0) is 19.3 Å². The van der Waals surface area contributed by atoms with Crippen molar-refractivity contribution in [3.8, 4) is 5.75 Å². The summed E-state index contributed by atoms with van der Waals surface area (Å²) in [6.45, 7) is 6.84. The zero-order chi connectivity index (χ0) is 21.2. The van der Waals surface area contributed by atoms with Gasteiger partial charge in [0.2, 0.25) is 0 Å². The van der Waals surface area contributed by atoms with E-state index in [0.717, 1.165) is 12.8 Å². The zero-order valence-electron chi connectivity index (χ0n) is 20.0. The van der Waals surface area contributed by atoms with E-state index in [1.807, 2.05) is 6.07 Å². The van der Waals surface area contributed by atoms with Gasteiger partial charge < -0.3 is 5.11 Å². The molecule has 0 heterocycles. The van der Waals surface area contributed by atoms with Crippen molar-refractivity contribution in [2.45, 2.75) is 143 Å². The van der Waals surface area contributed by atoms with Crippen LogP contribution in [-0.4, -0.2) is 5.11 Å². The molecule has 0 radical (unpaired) electrons. The summed E-state index contributed by atoms with van der Waals surface area (Å²) >= 11 is 0. The molecule has 1 aromatic carbocycles. The van der Waals surface area contributed by atoms with Gasteiger partial charge in [0.05, 0.1) is 0 Å². The second kappa shape index (κ2) is 17.8. The molecular weight excluding hydrogens is 352 g/mol. The molecule has 1 N–H and O–H groups in total. The minimum Gasteiger partial charge on any atom is -0.508 e. The molecule has 0 amide bonds. The maximum Gasteiger partial charge on any atom is 0.119 e. The monoisotopic (exact) mass is 402 g/mol. The van der Waals surface area contributed by atoms with E-state index < -0.39 is 0 Å². The summed E-state index contributed by atoms with van der Waals surface area (Å²) in [5.41, 5.74) is 4.30. The van der Waals surface area contributed by atoms with Crippen LogP contribution >= 0.6 is 0 Å². The number of aryl methyl sites for hydroxylation is 1. The van der Waals surface area contributed by atoms with Crippen LogP contribution < -0.4 is 0 Å². The summed E-state index contributed by atoms with van der Waals surface area (Å²) in [6.07, 6.45) is 24.7. The van der Waals surface area contributed by atoms with E-state index in [4.69, 9.17) is 0 Å². The maximum absolute atomic E-state index is 10.6. The Morgan fingerprint density at radius 3 is 1.45 bits per heavy atom. The van der Waals surface area contributed by atoms with E-state index in [9.17, 15) is 5.11 Å². The highest BCUT2D eigenvalue weighted by Gasteiger charge is 2.13. The number of hydrogen-bond donors (Lipinski definition) is 1. The van der Waals surface area contributed by atoms with Crippen molar-refractivity contribution in [1.29, 1.82) is 0 Å². The first-order valence-corrected chi connectivity index (χ1v) is 13.1. The van der Waals surface area contributed by atoms with E-state index >= 15 is 0 Å². The molecule has 0 unspecified atom stereocenters. The van der Waals surface area contributed by atoms with E-state index in [-0.39, 0.29) is 0 Å². The molecule has 0 aliphatic rings. The van der Waals surface area contributed by atoms with Crippen molar-refractivity contribution in [3.05, 3.63) is 28.8 Å². The Morgan fingerprint density at radius 2 is 0.897 bits per heavy atom. The standard InChI is InChI=1S/C28H50O/c1-4-7-10-13-14-15-16-19-22-27-26(21-18-12-9-6-3)25(23-24-28(27)29)20-17-11-8-5-2/h23-24,29H,4-22H2,1-3H3. The van der Waals surface area contributed by atoms with Gasteiger partial charge in [0, 0.05) is 0 Å². The number of unbranched alkanes of at least 4 members (excludes halogenated alkanes) is 13. The fourth-order valence-corrected chi connectivity index (χ4v) is 4.46. The average Bonchev–Trinajstić information content (AvgIpc) is 2.73. The highest BCUT2D eigenvalue weighted by atomic mass is 16.3. The van der Waals surface area contributed by atoms with E-state index in [1.54, 1.807) is 0 Å². The molecule has 0 aliphatic heterocycles. The van der Waals surface area contributed by atoms with Gasteiger partial charge in [0.25, 0.3) is 0 Å². The summed E-state index contributed by atoms with van der Waals surface area (Å²) in [5.74, 6) is 0.552. The van der Waals surface area contributed by atoms with Gasteiger partial charge in [-0.2, -0.15) is 0 Å². The minimum atomic E-state index is 0.552. The lowest BCUT2D eigenvalue weighted by Crippen LogP contribution is -2.03. The lowest BCUT2D eigenvalue weighted by molar-refractivity contribution is 0.463. The minimum absolute atomic E-state index is 0.552. The molecule has 1 heteroatoms. The van der Waals surface area contributed by atoms with Gasteiger partial charge in [-0.25, -0.2) is 0 Å². The molecule has 0 aromatic heterocycles. The molecule has 0 fully saturated rings. The molecule has 0 atom stereocenters. The zero-order valence-corrected chi connectivity index (χ0v) is 20.0. The molecule has 0 saturated carbocycles. The molecule has 0 saturated heterocycles. The van der Waals surface area contributed by atoms with Crippen LogP contribution in [0.4, 0.5) is 0 Å². The predicted molar refractivity (Wildman–Crippen MR) is 130 cm³/mol. The number of aromatic hydroxyl groups is 1. The van der Waals surface area contributed by atoms with Gasteiger partial charge in [-0.1, -0.05) is 110 Å². The summed E-state index contributed by atoms with van der Waals surface area (Å²) in [6, 6.07) is 4.19. The largest absolute Gasteiger partial charge is 0.508 e. The smallest absolute Gasteiger partial charge is 0.119 e. The second-order valence-corrected chi connectivity index (χ2v) is 9.05. The van der Waals surface area contributed by atoms with Crippen LogP contribution in [0.25, 0.3) is 0 Å². The Morgan fingerprint density at radius 1 is 0.483 bits per heavy atom. The van der Waals surface area contributed by atoms with Gasteiger partial charge in [-0.05, 0) is 61.3 Å². The third-order valence-electron chi connectivity index (χ3n) is 6.36. The summed E-state index contributed by atoms with van der Waals surface area (Å²) in [5, 5.41) is 10.6. The van der Waals surface area contributed by atoms with Crippen molar-refractivity contribution < 1.29 is 5.11 Å². The van der Waals surface area contributed by atoms with Gasteiger partial charge >= 0.3 is 0 Å². The molecule has 1 aromatic rings. The van der Waals surface area contributed by atoms with Crippen LogP contribution in [0.5, 0.6) is 5.75 Å². The quantitative estimate of drug-likeness (QED) is 0.228. The number of rotatable bonds is 19. The van der Waals surface area contributed by atoms with Crippen molar-refractivity contribution in [2.24, 2.45) is 0 Å².